The lowest BCUT2D eigenvalue weighted by molar-refractivity contribution is -0.123. The number of hydrogen-bond donors (Lipinski definition) is 1. The first-order valence-electron chi connectivity index (χ1n) is 5.22. The smallest absolute Gasteiger partial charge is 0.152 e. The molecule has 1 unspecified atom stereocenters. The number of carbonyl (C=O) groups excluding carboxylic acids is 1. The van der Waals surface area contributed by atoms with Crippen LogP contribution in [0.2, 0.25) is 0 Å². The van der Waals surface area contributed by atoms with Crippen LogP contribution < -0.4 is 5.32 Å². The Bertz CT molecular complexity index is 304. The number of hydrogen-bond acceptors (Lipinski definition) is 4. The van der Waals surface area contributed by atoms with Crippen molar-refractivity contribution in [3.63, 3.8) is 0 Å². The fourth-order valence-electron chi connectivity index (χ4n) is 1.65. The van der Waals surface area contributed by atoms with E-state index in [-0.39, 0.29) is 11.8 Å². The zero-order valence-corrected chi connectivity index (χ0v) is 9.39. The highest BCUT2D eigenvalue weighted by atomic mass is 32.1. The van der Waals surface area contributed by atoms with E-state index in [0.29, 0.717) is 19.6 Å². The van der Waals surface area contributed by atoms with Crippen LogP contribution in [0, 0.1) is 0 Å². The van der Waals surface area contributed by atoms with Crippen LogP contribution in [-0.2, 0) is 16.0 Å². The monoisotopic (exact) mass is 225 g/mol. The van der Waals surface area contributed by atoms with Gasteiger partial charge in [0.15, 0.2) is 5.78 Å². The van der Waals surface area contributed by atoms with Crippen molar-refractivity contribution in [1.29, 1.82) is 0 Å². The molecule has 1 atom stereocenters. The van der Waals surface area contributed by atoms with Crippen molar-refractivity contribution in [1.82, 2.24) is 5.32 Å². The van der Waals surface area contributed by atoms with Crippen LogP contribution in [0.4, 0.5) is 0 Å². The quantitative estimate of drug-likeness (QED) is 0.838. The molecule has 2 rings (SSSR count). The van der Waals surface area contributed by atoms with Crippen molar-refractivity contribution in [3.05, 3.63) is 22.4 Å². The lowest BCUT2D eigenvalue weighted by atomic mass is 10.1. The average Bonchev–Trinajstić information content (AvgIpc) is 2.80. The third-order valence-corrected chi connectivity index (χ3v) is 3.44. The molecule has 82 valence electrons. The maximum Gasteiger partial charge on any atom is 0.152 e. The van der Waals surface area contributed by atoms with E-state index in [2.05, 4.69) is 11.4 Å². The summed E-state index contributed by atoms with van der Waals surface area (Å²) in [6.45, 7) is 2.04. The number of nitrogens with one attached hydrogen (secondary N) is 1. The molecular weight excluding hydrogens is 210 g/mol. The van der Waals surface area contributed by atoms with Crippen molar-refractivity contribution in [3.8, 4) is 0 Å². The number of carbonyl (C=O) groups is 1. The SMILES string of the molecule is O=C(CCc1cccs1)C1COCCN1. The van der Waals surface area contributed by atoms with Crippen LogP contribution in [0.5, 0.6) is 0 Å². The van der Waals surface area contributed by atoms with Gasteiger partial charge in [-0.05, 0) is 17.9 Å². The van der Waals surface area contributed by atoms with Crippen molar-refractivity contribution in [2.24, 2.45) is 0 Å². The lowest BCUT2D eigenvalue weighted by Gasteiger charge is -2.22. The summed E-state index contributed by atoms with van der Waals surface area (Å²) >= 11 is 1.71. The van der Waals surface area contributed by atoms with Gasteiger partial charge in [0.25, 0.3) is 0 Å². The maximum atomic E-state index is 11.8. The Morgan fingerprint density at radius 1 is 1.67 bits per heavy atom. The Morgan fingerprint density at radius 3 is 3.27 bits per heavy atom. The lowest BCUT2D eigenvalue weighted by Crippen LogP contribution is -2.46. The first-order chi connectivity index (χ1) is 7.36. The fourth-order valence-corrected chi connectivity index (χ4v) is 2.36. The zero-order chi connectivity index (χ0) is 10.5. The summed E-state index contributed by atoms with van der Waals surface area (Å²) in [4.78, 5) is 13.0. The first kappa shape index (κ1) is 10.8. The van der Waals surface area contributed by atoms with Gasteiger partial charge in [-0.2, -0.15) is 0 Å². The standard InChI is InChI=1S/C11H15NO2S/c13-11(10-8-14-6-5-12-10)4-3-9-2-1-7-15-9/h1-2,7,10,12H,3-6,8H2. The van der Waals surface area contributed by atoms with Gasteiger partial charge in [0.1, 0.15) is 0 Å². The molecule has 0 aromatic carbocycles. The molecule has 3 nitrogen and oxygen atoms in total. The Labute approximate surface area is 93.4 Å². The second-order valence-corrected chi connectivity index (χ2v) is 4.66. The van der Waals surface area contributed by atoms with Crippen LogP contribution >= 0.6 is 11.3 Å². The van der Waals surface area contributed by atoms with Crippen LogP contribution in [0.3, 0.4) is 0 Å². The van der Waals surface area contributed by atoms with E-state index in [4.69, 9.17) is 4.74 Å². The molecule has 1 aliphatic rings. The van der Waals surface area contributed by atoms with Gasteiger partial charge < -0.3 is 10.1 Å². The molecule has 0 aliphatic carbocycles. The van der Waals surface area contributed by atoms with E-state index >= 15 is 0 Å². The number of ketones is 1. The van der Waals surface area contributed by atoms with Crippen molar-refractivity contribution >= 4 is 17.1 Å². The summed E-state index contributed by atoms with van der Waals surface area (Å²) < 4.78 is 5.26. The second kappa shape index (κ2) is 5.39. The summed E-state index contributed by atoms with van der Waals surface area (Å²) in [5, 5.41) is 5.22. The third kappa shape index (κ3) is 3.12. The first-order valence-corrected chi connectivity index (χ1v) is 6.10. The molecule has 1 aliphatic heterocycles. The Kier molecular flexibility index (Phi) is 3.88. The normalized spacial score (nSPS) is 21.5. The van der Waals surface area contributed by atoms with Gasteiger partial charge in [0.2, 0.25) is 0 Å². The van der Waals surface area contributed by atoms with Crippen LogP contribution in [0.25, 0.3) is 0 Å². The predicted octanol–water partition coefficient (Wildman–Crippen LogP) is 1.24. The minimum Gasteiger partial charge on any atom is -0.378 e. The summed E-state index contributed by atoms with van der Waals surface area (Å²) in [6, 6.07) is 4.01. The summed E-state index contributed by atoms with van der Waals surface area (Å²) in [6.07, 6.45) is 1.47. The van der Waals surface area contributed by atoms with Gasteiger partial charge in [-0.25, -0.2) is 0 Å². The second-order valence-electron chi connectivity index (χ2n) is 3.63. The minimum absolute atomic E-state index is 0.0845. The molecule has 0 spiro atoms. The molecule has 15 heavy (non-hydrogen) atoms. The van der Waals surface area contributed by atoms with Gasteiger partial charge >= 0.3 is 0 Å². The number of Topliss-reactive ketones (excluding diaryl/α,β-unsaturated/α-hetero) is 1. The van der Waals surface area contributed by atoms with E-state index in [1.807, 2.05) is 11.4 Å². The highest BCUT2D eigenvalue weighted by Crippen LogP contribution is 2.12. The van der Waals surface area contributed by atoms with Gasteiger partial charge in [0.05, 0.1) is 19.3 Å². The molecule has 2 heterocycles. The molecule has 1 saturated heterocycles. The van der Waals surface area contributed by atoms with E-state index in [0.717, 1.165) is 13.0 Å². The van der Waals surface area contributed by atoms with Gasteiger partial charge in [0, 0.05) is 17.8 Å². The molecule has 0 radical (unpaired) electrons. The number of rotatable bonds is 4. The fraction of sp³-hybridized carbons (Fsp3) is 0.545. The van der Waals surface area contributed by atoms with Crippen molar-refractivity contribution in [2.45, 2.75) is 18.9 Å². The summed E-state index contributed by atoms with van der Waals surface area (Å²) in [7, 11) is 0. The topological polar surface area (TPSA) is 38.3 Å². The van der Waals surface area contributed by atoms with Crippen LogP contribution in [0.1, 0.15) is 11.3 Å². The Hall–Kier alpha value is -0.710. The summed E-state index contributed by atoms with van der Waals surface area (Å²) in [5.74, 6) is 0.267. The number of aryl methyl sites for hydroxylation is 1. The molecular formula is C11H15NO2S. The summed E-state index contributed by atoms with van der Waals surface area (Å²) in [5.41, 5.74) is 0. The molecule has 0 amide bonds. The molecule has 1 fully saturated rings. The largest absolute Gasteiger partial charge is 0.378 e. The van der Waals surface area contributed by atoms with Gasteiger partial charge in [-0.1, -0.05) is 6.07 Å². The number of thiophene rings is 1. The van der Waals surface area contributed by atoms with Crippen LogP contribution in [0.15, 0.2) is 17.5 Å². The van der Waals surface area contributed by atoms with Gasteiger partial charge in [-0.15, -0.1) is 11.3 Å². The Morgan fingerprint density at radius 2 is 2.60 bits per heavy atom. The average molecular weight is 225 g/mol. The van der Waals surface area contributed by atoms with E-state index in [9.17, 15) is 4.79 Å². The molecule has 1 N–H and O–H groups in total. The van der Waals surface area contributed by atoms with Crippen molar-refractivity contribution < 1.29 is 9.53 Å². The predicted molar refractivity (Wildman–Crippen MR) is 60.3 cm³/mol. The number of morpholine rings is 1. The molecule has 1 aromatic rings. The van der Waals surface area contributed by atoms with E-state index in [1.54, 1.807) is 11.3 Å². The molecule has 1 aromatic heterocycles. The zero-order valence-electron chi connectivity index (χ0n) is 8.57. The number of ether oxygens (including phenoxy) is 1. The highest BCUT2D eigenvalue weighted by molar-refractivity contribution is 7.09. The highest BCUT2D eigenvalue weighted by Gasteiger charge is 2.20. The Balaban J connectivity index is 1.76. The van der Waals surface area contributed by atoms with E-state index in [1.165, 1.54) is 4.88 Å². The van der Waals surface area contributed by atoms with Crippen LogP contribution in [-0.4, -0.2) is 31.6 Å². The van der Waals surface area contributed by atoms with Gasteiger partial charge in [-0.3, -0.25) is 4.79 Å². The van der Waals surface area contributed by atoms with Crippen molar-refractivity contribution in [2.75, 3.05) is 19.8 Å². The van der Waals surface area contributed by atoms with E-state index < -0.39 is 0 Å². The molecule has 4 heteroatoms. The third-order valence-electron chi connectivity index (χ3n) is 2.51. The molecule has 0 saturated carbocycles. The minimum atomic E-state index is -0.0845. The molecule has 0 bridgehead atoms. The maximum absolute atomic E-state index is 11.8.